The van der Waals surface area contributed by atoms with E-state index in [1.165, 1.54) is 5.56 Å². The highest BCUT2D eigenvalue weighted by atomic mass is 16.3. The van der Waals surface area contributed by atoms with E-state index in [0.717, 1.165) is 35.0 Å². The van der Waals surface area contributed by atoms with Crippen LogP contribution < -0.4 is 5.32 Å². The number of nitrogens with one attached hydrogen (secondary N) is 2. The summed E-state index contributed by atoms with van der Waals surface area (Å²) in [6, 6.07) is 15.7. The summed E-state index contributed by atoms with van der Waals surface area (Å²) in [6.07, 6.45) is 2.79. The minimum absolute atomic E-state index is 0.120. The van der Waals surface area contributed by atoms with Gasteiger partial charge in [0.25, 0.3) is 0 Å². The number of hydrogen-bond acceptors (Lipinski definition) is 3. The van der Waals surface area contributed by atoms with Gasteiger partial charge in [-0.25, -0.2) is 0 Å². The molecule has 128 valence electrons. The van der Waals surface area contributed by atoms with E-state index >= 15 is 0 Å². The van der Waals surface area contributed by atoms with Gasteiger partial charge in [-0.15, -0.1) is 0 Å². The number of fused-ring (bicyclic) bond motifs is 2. The van der Waals surface area contributed by atoms with Crippen LogP contribution in [0, 0.1) is 0 Å². The van der Waals surface area contributed by atoms with Crippen LogP contribution in [-0.4, -0.2) is 27.8 Å². The van der Waals surface area contributed by atoms with Gasteiger partial charge < -0.3 is 10.4 Å². The summed E-state index contributed by atoms with van der Waals surface area (Å²) in [6.45, 7) is 0.231. The average Bonchev–Trinajstić information content (AvgIpc) is 3.04. The summed E-state index contributed by atoms with van der Waals surface area (Å²) < 4.78 is 0. The third kappa shape index (κ3) is 3.03. The molecule has 3 N–H and O–H groups in total. The molecule has 1 heterocycles. The number of rotatable bonds is 4. The van der Waals surface area contributed by atoms with Gasteiger partial charge in [-0.3, -0.25) is 9.89 Å². The van der Waals surface area contributed by atoms with Crippen molar-refractivity contribution in [2.75, 3.05) is 6.54 Å². The van der Waals surface area contributed by atoms with Crippen molar-refractivity contribution in [1.29, 1.82) is 0 Å². The van der Waals surface area contributed by atoms with Gasteiger partial charge in [0.2, 0.25) is 5.91 Å². The van der Waals surface area contributed by atoms with Crippen molar-refractivity contribution in [2.45, 2.75) is 31.3 Å². The van der Waals surface area contributed by atoms with Gasteiger partial charge in [0, 0.05) is 5.39 Å². The molecule has 3 aromatic rings. The normalized spacial score (nSPS) is 19.6. The highest BCUT2D eigenvalue weighted by Crippen LogP contribution is 2.34. The molecular weight excluding hydrogens is 314 g/mol. The maximum Gasteiger partial charge on any atom is 0.226 e. The number of H-pyrrole nitrogens is 1. The predicted octanol–water partition coefficient (Wildman–Crippen LogP) is 2.45. The first-order chi connectivity index (χ1) is 12.2. The summed E-state index contributed by atoms with van der Waals surface area (Å²) in [5, 5.41) is 22.0. The molecule has 5 nitrogen and oxygen atoms in total. The standard InChI is InChI=1S/C20H21N3O2/c24-19(12-18-15-8-2-4-10-17(15)22-23-18)21-13-20(25)11-5-7-14-6-1-3-9-16(14)20/h1-4,6,8-10,25H,5,7,11-13H2,(H,21,24)(H,22,23)/t20-/m1/s1. The summed E-state index contributed by atoms with van der Waals surface area (Å²) in [5.41, 5.74) is 2.77. The van der Waals surface area contributed by atoms with Gasteiger partial charge in [-0.2, -0.15) is 5.10 Å². The van der Waals surface area contributed by atoms with Gasteiger partial charge >= 0.3 is 0 Å². The van der Waals surface area contributed by atoms with E-state index in [2.05, 4.69) is 21.6 Å². The summed E-state index contributed by atoms with van der Waals surface area (Å²) in [4.78, 5) is 12.4. The van der Waals surface area contributed by atoms with Gasteiger partial charge in [0.05, 0.1) is 24.2 Å². The molecule has 1 aromatic heterocycles. The quantitative estimate of drug-likeness (QED) is 0.685. The molecule has 0 fully saturated rings. The molecule has 0 saturated heterocycles. The molecule has 0 spiro atoms. The third-order valence-corrected chi connectivity index (χ3v) is 5.01. The van der Waals surface area contributed by atoms with Crippen LogP contribution in [0.3, 0.4) is 0 Å². The van der Waals surface area contributed by atoms with Crippen molar-refractivity contribution >= 4 is 16.8 Å². The number of aryl methyl sites for hydroxylation is 1. The number of carbonyl (C=O) groups excluding carboxylic acids is 1. The molecule has 1 atom stereocenters. The fourth-order valence-electron chi connectivity index (χ4n) is 3.70. The minimum atomic E-state index is -0.986. The fraction of sp³-hybridized carbons (Fsp3) is 0.300. The minimum Gasteiger partial charge on any atom is -0.383 e. The molecule has 1 aliphatic rings. The maximum absolute atomic E-state index is 12.4. The Balaban J connectivity index is 1.46. The third-order valence-electron chi connectivity index (χ3n) is 5.01. The maximum atomic E-state index is 12.4. The predicted molar refractivity (Wildman–Crippen MR) is 96.1 cm³/mol. The van der Waals surface area contributed by atoms with Crippen LogP contribution in [0.4, 0.5) is 0 Å². The van der Waals surface area contributed by atoms with Crippen molar-refractivity contribution in [3.8, 4) is 0 Å². The Morgan fingerprint density at radius 1 is 1.20 bits per heavy atom. The Bertz CT molecular complexity index is 918. The lowest BCUT2D eigenvalue weighted by atomic mass is 9.79. The molecule has 0 bridgehead atoms. The SMILES string of the molecule is O=C(Cc1[nH]nc2ccccc12)NC[C@]1(O)CCCc2ccccc21. The molecule has 4 rings (SSSR count). The van der Waals surface area contributed by atoms with Crippen molar-refractivity contribution in [2.24, 2.45) is 0 Å². The Labute approximate surface area is 146 Å². The van der Waals surface area contributed by atoms with Gasteiger partial charge in [-0.05, 0) is 36.5 Å². The van der Waals surface area contributed by atoms with E-state index in [1.54, 1.807) is 0 Å². The second-order valence-electron chi connectivity index (χ2n) is 6.72. The fourth-order valence-corrected chi connectivity index (χ4v) is 3.70. The Morgan fingerprint density at radius 3 is 2.92 bits per heavy atom. The van der Waals surface area contributed by atoms with Crippen LogP contribution in [0.1, 0.15) is 29.7 Å². The van der Waals surface area contributed by atoms with E-state index in [9.17, 15) is 9.90 Å². The van der Waals surface area contributed by atoms with Gasteiger partial charge in [0.15, 0.2) is 0 Å². The van der Waals surface area contributed by atoms with Crippen LogP contribution in [-0.2, 0) is 23.2 Å². The van der Waals surface area contributed by atoms with E-state index in [4.69, 9.17) is 0 Å². The molecule has 2 aromatic carbocycles. The number of aromatic nitrogens is 2. The Kier molecular flexibility index (Phi) is 4.01. The smallest absolute Gasteiger partial charge is 0.226 e. The van der Waals surface area contributed by atoms with Gasteiger partial charge in [0.1, 0.15) is 5.60 Å². The van der Waals surface area contributed by atoms with Crippen molar-refractivity contribution in [3.63, 3.8) is 0 Å². The largest absolute Gasteiger partial charge is 0.383 e. The second-order valence-corrected chi connectivity index (χ2v) is 6.72. The Morgan fingerprint density at radius 2 is 2.00 bits per heavy atom. The number of hydrogen-bond donors (Lipinski definition) is 3. The van der Waals surface area contributed by atoms with Gasteiger partial charge in [-0.1, -0.05) is 42.5 Å². The van der Waals surface area contributed by atoms with Crippen LogP contribution in [0.2, 0.25) is 0 Å². The molecule has 0 radical (unpaired) electrons. The molecule has 5 heteroatoms. The molecule has 0 aliphatic heterocycles. The lowest BCUT2D eigenvalue weighted by molar-refractivity contribution is -0.122. The lowest BCUT2D eigenvalue weighted by Gasteiger charge is -2.34. The summed E-state index contributed by atoms with van der Waals surface area (Å²) in [5.74, 6) is -0.120. The number of benzene rings is 2. The number of nitrogens with zero attached hydrogens (tertiary/aromatic N) is 1. The topological polar surface area (TPSA) is 78.0 Å². The van der Waals surface area contributed by atoms with E-state index in [-0.39, 0.29) is 18.9 Å². The highest BCUT2D eigenvalue weighted by molar-refractivity contribution is 5.87. The first-order valence-corrected chi connectivity index (χ1v) is 8.65. The number of aromatic amines is 1. The Hall–Kier alpha value is -2.66. The van der Waals surface area contributed by atoms with E-state index in [1.807, 2.05) is 42.5 Å². The van der Waals surface area contributed by atoms with Crippen molar-refractivity contribution in [1.82, 2.24) is 15.5 Å². The molecule has 1 amide bonds. The number of carbonyl (C=O) groups is 1. The molecular formula is C20H21N3O2. The first kappa shape index (κ1) is 15.8. The average molecular weight is 335 g/mol. The van der Waals surface area contributed by atoms with Crippen LogP contribution in [0.5, 0.6) is 0 Å². The molecule has 0 saturated carbocycles. The molecule has 1 aliphatic carbocycles. The van der Waals surface area contributed by atoms with Crippen molar-refractivity contribution in [3.05, 3.63) is 65.4 Å². The number of amides is 1. The van der Waals surface area contributed by atoms with Crippen LogP contribution in [0.25, 0.3) is 10.9 Å². The van der Waals surface area contributed by atoms with E-state index in [0.29, 0.717) is 6.42 Å². The summed E-state index contributed by atoms with van der Waals surface area (Å²) >= 11 is 0. The number of para-hydroxylation sites is 1. The molecule has 0 unspecified atom stereocenters. The highest BCUT2D eigenvalue weighted by Gasteiger charge is 2.34. The zero-order valence-corrected chi connectivity index (χ0v) is 14.0. The monoisotopic (exact) mass is 335 g/mol. The summed E-state index contributed by atoms with van der Waals surface area (Å²) in [7, 11) is 0. The zero-order chi connectivity index (χ0) is 17.3. The number of aliphatic hydroxyl groups is 1. The van der Waals surface area contributed by atoms with E-state index < -0.39 is 5.60 Å². The first-order valence-electron chi connectivity index (χ1n) is 8.65. The lowest BCUT2D eigenvalue weighted by Crippen LogP contribution is -2.43. The van der Waals surface area contributed by atoms with Crippen LogP contribution in [0.15, 0.2) is 48.5 Å². The zero-order valence-electron chi connectivity index (χ0n) is 14.0. The van der Waals surface area contributed by atoms with Crippen LogP contribution >= 0.6 is 0 Å². The molecule has 25 heavy (non-hydrogen) atoms. The second kappa shape index (κ2) is 6.33. The van der Waals surface area contributed by atoms with Crippen molar-refractivity contribution < 1.29 is 9.90 Å².